The van der Waals surface area contributed by atoms with Crippen molar-refractivity contribution in [3.63, 3.8) is 0 Å². The van der Waals surface area contributed by atoms with Gasteiger partial charge < -0.3 is 15.5 Å². The van der Waals surface area contributed by atoms with Gasteiger partial charge in [0.2, 0.25) is 5.91 Å². The first-order valence-electron chi connectivity index (χ1n) is 8.91. The molecule has 0 saturated carbocycles. The molecule has 2 aromatic carbocycles. The Labute approximate surface area is 164 Å². The molecule has 0 aromatic heterocycles. The number of amides is 1. The normalized spacial score (nSPS) is 15.4. The SMILES string of the molecule is C[C@H](Nc1ccc(N2CCCCC2)cc1)C(=O)Nc1c(Cl)cccc1Cl. The third-order valence-corrected chi connectivity index (χ3v) is 5.21. The zero-order valence-electron chi connectivity index (χ0n) is 14.8. The van der Waals surface area contributed by atoms with Gasteiger partial charge in [-0.25, -0.2) is 0 Å². The standard InChI is InChI=1S/C20H23Cl2N3O/c1-14(20(26)24-19-17(21)6-5-7-18(19)22)23-15-8-10-16(11-9-15)25-12-3-2-4-13-25/h5-11,14,23H,2-4,12-13H2,1H3,(H,24,26)/t14-/m0/s1. The second kappa shape index (κ2) is 8.65. The van der Waals surface area contributed by atoms with Gasteiger partial charge in [0.05, 0.1) is 15.7 Å². The Morgan fingerprint density at radius 3 is 2.23 bits per heavy atom. The summed E-state index contributed by atoms with van der Waals surface area (Å²) in [6.45, 7) is 4.03. The van der Waals surface area contributed by atoms with E-state index in [1.165, 1.54) is 24.9 Å². The molecular formula is C20H23Cl2N3O. The van der Waals surface area contributed by atoms with Gasteiger partial charge in [0.15, 0.2) is 0 Å². The summed E-state index contributed by atoms with van der Waals surface area (Å²) in [7, 11) is 0. The number of carbonyl (C=O) groups is 1. The molecule has 1 atom stereocenters. The van der Waals surface area contributed by atoms with Crippen molar-refractivity contribution < 1.29 is 4.79 Å². The fraction of sp³-hybridized carbons (Fsp3) is 0.350. The molecule has 0 radical (unpaired) electrons. The van der Waals surface area contributed by atoms with Gasteiger partial charge in [0.25, 0.3) is 0 Å². The van der Waals surface area contributed by atoms with Crippen LogP contribution in [-0.2, 0) is 4.79 Å². The lowest BCUT2D eigenvalue weighted by atomic mass is 10.1. The molecule has 2 N–H and O–H groups in total. The van der Waals surface area contributed by atoms with Gasteiger partial charge >= 0.3 is 0 Å². The largest absolute Gasteiger partial charge is 0.374 e. The Morgan fingerprint density at radius 1 is 1.00 bits per heavy atom. The van der Waals surface area contributed by atoms with Crippen LogP contribution in [0, 0.1) is 0 Å². The molecular weight excluding hydrogens is 369 g/mol. The van der Waals surface area contributed by atoms with Crippen LogP contribution in [-0.4, -0.2) is 25.0 Å². The maximum Gasteiger partial charge on any atom is 0.246 e. The minimum atomic E-state index is -0.428. The number of nitrogens with one attached hydrogen (secondary N) is 2. The monoisotopic (exact) mass is 391 g/mol. The summed E-state index contributed by atoms with van der Waals surface area (Å²) < 4.78 is 0. The van der Waals surface area contributed by atoms with E-state index >= 15 is 0 Å². The predicted octanol–water partition coefficient (Wildman–Crippen LogP) is 5.42. The van der Waals surface area contributed by atoms with Crippen LogP contribution in [0.15, 0.2) is 42.5 Å². The number of hydrogen-bond donors (Lipinski definition) is 2. The van der Waals surface area contributed by atoms with E-state index in [1.54, 1.807) is 25.1 Å². The lowest BCUT2D eigenvalue weighted by Gasteiger charge is -2.29. The Balaban J connectivity index is 1.60. The zero-order valence-corrected chi connectivity index (χ0v) is 16.3. The fourth-order valence-corrected chi connectivity index (χ4v) is 3.58. The van der Waals surface area contributed by atoms with Crippen molar-refractivity contribution in [1.82, 2.24) is 0 Å². The zero-order chi connectivity index (χ0) is 18.5. The number of nitrogens with zero attached hydrogens (tertiary/aromatic N) is 1. The Bertz CT molecular complexity index is 738. The molecule has 1 aliphatic rings. The van der Waals surface area contributed by atoms with Crippen LogP contribution < -0.4 is 15.5 Å². The number of anilines is 3. The highest BCUT2D eigenvalue weighted by Crippen LogP contribution is 2.30. The van der Waals surface area contributed by atoms with E-state index in [9.17, 15) is 4.79 Å². The molecule has 3 rings (SSSR count). The molecule has 1 amide bonds. The molecule has 26 heavy (non-hydrogen) atoms. The molecule has 0 bridgehead atoms. The summed E-state index contributed by atoms with van der Waals surface area (Å²) in [6, 6.07) is 12.9. The molecule has 0 aliphatic carbocycles. The van der Waals surface area contributed by atoms with Crippen molar-refractivity contribution in [2.75, 3.05) is 28.6 Å². The fourth-order valence-electron chi connectivity index (χ4n) is 3.08. The molecule has 4 nitrogen and oxygen atoms in total. The van der Waals surface area contributed by atoms with E-state index in [2.05, 4.69) is 27.7 Å². The molecule has 138 valence electrons. The first-order chi connectivity index (χ1) is 12.5. The highest BCUT2D eigenvalue weighted by molar-refractivity contribution is 6.39. The molecule has 1 aliphatic heterocycles. The van der Waals surface area contributed by atoms with Crippen molar-refractivity contribution in [2.24, 2.45) is 0 Å². The van der Waals surface area contributed by atoms with Gasteiger partial charge in [-0.15, -0.1) is 0 Å². The number of hydrogen-bond acceptors (Lipinski definition) is 3. The predicted molar refractivity (Wildman–Crippen MR) is 111 cm³/mol. The lowest BCUT2D eigenvalue weighted by molar-refractivity contribution is -0.116. The van der Waals surface area contributed by atoms with E-state index in [0.29, 0.717) is 15.7 Å². The van der Waals surface area contributed by atoms with E-state index in [-0.39, 0.29) is 5.91 Å². The van der Waals surface area contributed by atoms with Gasteiger partial charge in [0.1, 0.15) is 6.04 Å². The average Bonchev–Trinajstić information content (AvgIpc) is 2.66. The van der Waals surface area contributed by atoms with Crippen LogP contribution in [0.1, 0.15) is 26.2 Å². The Kier molecular flexibility index (Phi) is 6.28. The Morgan fingerprint density at radius 2 is 1.62 bits per heavy atom. The molecule has 1 saturated heterocycles. The van der Waals surface area contributed by atoms with E-state index in [4.69, 9.17) is 23.2 Å². The number of rotatable bonds is 5. The second-order valence-corrected chi connectivity index (χ2v) is 7.36. The maximum atomic E-state index is 12.4. The minimum absolute atomic E-state index is 0.194. The van der Waals surface area contributed by atoms with Crippen LogP contribution in [0.5, 0.6) is 0 Å². The van der Waals surface area contributed by atoms with Crippen molar-refractivity contribution >= 4 is 46.2 Å². The number of piperidine rings is 1. The molecule has 0 spiro atoms. The van der Waals surface area contributed by atoms with Gasteiger partial charge in [-0.3, -0.25) is 4.79 Å². The summed E-state index contributed by atoms with van der Waals surface area (Å²) in [6.07, 6.45) is 3.82. The van der Waals surface area contributed by atoms with Crippen LogP contribution in [0.3, 0.4) is 0 Å². The smallest absolute Gasteiger partial charge is 0.246 e. The van der Waals surface area contributed by atoms with Crippen LogP contribution >= 0.6 is 23.2 Å². The van der Waals surface area contributed by atoms with Crippen LogP contribution in [0.25, 0.3) is 0 Å². The summed E-state index contributed by atoms with van der Waals surface area (Å²) in [5.74, 6) is -0.194. The highest BCUT2D eigenvalue weighted by Gasteiger charge is 2.16. The number of benzene rings is 2. The van der Waals surface area contributed by atoms with Gasteiger partial charge in [0, 0.05) is 24.5 Å². The van der Waals surface area contributed by atoms with Crippen LogP contribution in [0.4, 0.5) is 17.1 Å². The molecule has 1 heterocycles. The van der Waals surface area contributed by atoms with Gasteiger partial charge in [-0.2, -0.15) is 0 Å². The third kappa shape index (κ3) is 4.63. The number of para-hydroxylation sites is 1. The van der Waals surface area contributed by atoms with Gasteiger partial charge in [-0.1, -0.05) is 29.3 Å². The molecule has 6 heteroatoms. The van der Waals surface area contributed by atoms with Crippen LogP contribution in [0.2, 0.25) is 10.0 Å². The summed E-state index contributed by atoms with van der Waals surface area (Å²) in [5, 5.41) is 6.84. The Hall–Kier alpha value is -1.91. The summed E-state index contributed by atoms with van der Waals surface area (Å²) >= 11 is 12.2. The average molecular weight is 392 g/mol. The molecule has 0 unspecified atom stereocenters. The van der Waals surface area contributed by atoms with Crippen molar-refractivity contribution in [2.45, 2.75) is 32.2 Å². The summed E-state index contributed by atoms with van der Waals surface area (Å²) in [5.41, 5.74) is 2.57. The minimum Gasteiger partial charge on any atom is -0.374 e. The maximum absolute atomic E-state index is 12.4. The number of carbonyl (C=O) groups excluding carboxylic acids is 1. The van der Waals surface area contributed by atoms with Gasteiger partial charge in [-0.05, 0) is 62.6 Å². The van der Waals surface area contributed by atoms with E-state index in [1.807, 2.05) is 12.1 Å². The topological polar surface area (TPSA) is 44.4 Å². The van der Waals surface area contributed by atoms with Crippen molar-refractivity contribution in [3.8, 4) is 0 Å². The summed E-state index contributed by atoms with van der Waals surface area (Å²) in [4.78, 5) is 14.8. The number of halogens is 2. The molecule has 2 aromatic rings. The quantitative estimate of drug-likeness (QED) is 0.714. The highest BCUT2D eigenvalue weighted by atomic mass is 35.5. The van der Waals surface area contributed by atoms with Crippen molar-refractivity contribution in [3.05, 3.63) is 52.5 Å². The third-order valence-electron chi connectivity index (χ3n) is 4.58. The van der Waals surface area contributed by atoms with E-state index < -0.39 is 6.04 Å². The van der Waals surface area contributed by atoms with Crippen molar-refractivity contribution in [1.29, 1.82) is 0 Å². The molecule has 1 fully saturated rings. The second-order valence-electron chi connectivity index (χ2n) is 6.55. The first-order valence-corrected chi connectivity index (χ1v) is 9.66. The van der Waals surface area contributed by atoms with E-state index in [0.717, 1.165) is 18.8 Å². The first kappa shape index (κ1) is 18.9. The lowest BCUT2D eigenvalue weighted by Crippen LogP contribution is -2.32.